The van der Waals surface area contributed by atoms with E-state index in [2.05, 4.69) is 5.32 Å². The van der Waals surface area contributed by atoms with Crippen LogP contribution in [-0.2, 0) is 25.7 Å². The summed E-state index contributed by atoms with van der Waals surface area (Å²) in [5.74, 6) is -1.20. The van der Waals surface area contributed by atoms with E-state index < -0.39 is 38.1 Å². The lowest BCUT2D eigenvalue weighted by atomic mass is 9.98. The second-order valence-corrected chi connectivity index (χ2v) is 14.5. The van der Waals surface area contributed by atoms with E-state index in [9.17, 15) is 24.3 Å². The van der Waals surface area contributed by atoms with Crippen LogP contribution in [0.4, 0.5) is 4.79 Å². The predicted octanol–water partition coefficient (Wildman–Crippen LogP) is 1.47. The Morgan fingerprint density at radius 2 is 1.78 bits per heavy atom. The first-order valence-corrected chi connectivity index (χ1v) is 14.6. The highest BCUT2D eigenvalue weighted by Crippen LogP contribution is 2.74. The number of rotatable bonds is 7. The maximum absolute atomic E-state index is 14.1. The second-order valence-electron chi connectivity index (χ2n) is 10.7. The van der Waals surface area contributed by atoms with Crippen molar-refractivity contribution in [1.29, 1.82) is 0 Å². The minimum atomic E-state index is -2.51. The van der Waals surface area contributed by atoms with E-state index in [1.165, 1.54) is 4.90 Å². The summed E-state index contributed by atoms with van der Waals surface area (Å²) in [4.78, 5) is 57.5. The van der Waals surface area contributed by atoms with Crippen molar-refractivity contribution in [2.24, 2.45) is 0 Å². The Balaban J connectivity index is 1.49. The fraction of sp³-hybridized carbons (Fsp3) is 0.615. The standard InChI is InChI=1S/C26H38N4O6S/c1-18(2)27-20(32)15-28-10-12-29(13-11-28)25(35)37(17-31)22-14-21(33)30(22)23(26(37,3)4)24(34)36-16-19-8-6-5-7-9-19/h5-9,18,22-23,31H,10-17H2,1-4H3,(H,27,32)/t22-,23+/m1/s1. The smallest absolute Gasteiger partial charge is 0.330 e. The van der Waals surface area contributed by atoms with E-state index in [0.717, 1.165) is 5.56 Å². The van der Waals surface area contributed by atoms with Crippen LogP contribution in [0.2, 0.25) is 0 Å². The zero-order valence-corrected chi connectivity index (χ0v) is 22.8. The highest BCUT2D eigenvalue weighted by Gasteiger charge is 2.72. The van der Waals surface area contributed by atoms with Crippen LogP contribution < -0.4 is 5.32 Å². The van der Waals surface area contributed by atoms with E-state index in [0.29, 0.717) is 26.2 Å². The molecule has 1 aromatic rings. The van der Waals surface area contributed by atoms with Gasteiger partial charge < -0.3 is 25.0 Å². The summed E-state index contributed by atoms with van der Waals surface area (Å²) in [6.45, 7) is 9.69. The average Bonchev–Trinajstić information content (AvgIpc) is 3.02. The molecule has 0 saturated carbocycles. The number of β-lactam (4-membered cyclic amide) rings is 1. The lowest BCUT2D eigenvalue weighted by Gasteiger charge is -2.51. The number of amides is 3. The molecular weight excluding hydrogens is 496 g/mol. The van der Waals surface area contributed by atoms with Crippen LogP contribution in [-0.4, -0.2) is 104 Å². The molecule has 0 spiro atoms. The second kappa shape index (κ2) is 10.6. The van der Waals surface area contributed by atoms with E-state index in [4.69, 9.17) is 4.74 Å². The van der Waals surface area contributed by atoms with Gasteiger partial charge in [0.25, 0.3) is 5.24 Å². The van der Waals surface area contributed by atoms with Crippen LogP contribution in [0.15, 0.2) is 30.3 Å². The van der Waals surface area contributed by atoms with Crippen molar-refractivity contribution in [3.63, 3.8) is 0 Å². The van der Waals surface area contributed by atoms with Gasteiger partial charge in [-0.05, 0) is 33.3 Å². The largest absolute Gasteiger partial charge is 0.459 e. The van der Waals surface area contributed by atoms with Gasteiger partial charge in [0.1, 0.15) is 12.6 Å². The quantitative estimate of drug-likeness (QED) is 0.402. The van der Waals surface area contributed by atoms with Gasteiger partial charge in [0.15, 0.2) is 0 Å². The van der Waals surface area contributed by atoms with Crippen LogP contribution >= 0.6 is 10.0 Å². The minimum absolute atomic E-state index is 0.0513. The summed E-state index contributed by atoms with van der Waals surface area (Å²) in [6.07, 6.45) is 0.142. The van der Waals surface area contributed by atoms with Crippen LogP contribution in [0.1, 0.15) is 39.7 Å². The van der Waals surface area contributed by atoms with Gasteiger partial charge >= 0.3 is 5.97 Å². The number of hydrogen-bond acceptors (Lipinski definition) is 7. The van der Waals surface area contributed by atoms with E-state index in [1.54, 1.807) is 4.90 Å². The van der Waals surface area contributed by atoms with Crippen molar-refractivity contribution < 1.29 is 29.0 Å². The highest BCUT2D eigenvalue weighted by molar-refractivity contribution is 8.46. The lowest BCUT2D eigenvalue weighted by molar-refractivity contribution is -0.162. The Bertz CT molecular complexity index is 1040. The molecule has 0 bridgehead atoms. The fourth-order valence-corrected chi connectivity index (χ4v) is 9.98. The van der Waals surface area contributed by atoms with Gasteiger partial charge in [-0.15, -0.1) is 10.0 Å². The molecule has 11 heteroatoms. The molecule has 204 valence electrons. The average molecular weight is 535 g/mol. The zero-order valence-electron chi connectivity index (χ0n) is 22.0. The molecule has 10 nitrogen and oxygen atoms in total. The maximum Gasteiger partial charge on any atom is 0.330 e. The number of nitrogens with one attached hydrogen (secondary N) is 1. The number of esters is 1. The first kappa shape index (κ1) is 27.4. The van der Waals surface area contributed by atoms with E-state index in [-0.39, 0.29) is 42.7 Å². The number of fused-ring (bicyclic) bond motifs is 1. The lowest BCUT2D eigenvalue weighted by Crippen LogP contribution is -2.57. The SMILES string of the molecule is CC(C)NC(=O)CN1CCN(C(=O)[S@]2(CO)[C@@H]3CC(=O)N3[C@@H](C(=O)OCc3ccccc3)C2(C)C)CC1. The van der Waals surface area contributed by atoms with Crippen molar-refractivity contribution in [2.45, 2.75) is 62.9 Å². The third-order valence-electron chi connectivity index (χ3n) is 7.70. The topological polar surface area (TPSA) is 119 Å². The molecule has 1 aromatic carbocycles. The van der Waals surface area contributed by atoms with Crippen molar-refractivity contribution >= 4 is 33.1 Å². The molecular formula is C26H38N4O6S. The first-order chi connectivity index (χ1) is 17.5. The Kier molecular flexibility index (Phi) is 7.87. The highest BCUT2D eigenvalue weighted by atomic mass is 32.3. The molecule has 4 rings (SSSR count). The summed E-state index contributed by atoms with van der Waals surface area (Å²) in [5, 5.41) is 13.0. The van der Waals surface area contributed by atoms with Gasteiger partial charge in [0, 0.05) is 37.0 Å². The maximum atomic E-state index is 14.1. The number of benzene rings is 1. The summed E-state index contributed by atoms with van der Waals surface area (Å²) in [7, 11) is -2.51. The fourth-order valence-electron chi connectivity index (χ4n) is 5.68. The van der Waals surface area contributed by atoms with Crippen LogP contribution in [0.5, 0.6) is 0 Å². The molecule has 3 heterocycles. The van der Waals surface area contributed by atoms with E-state index >= 15 is 0 Å². The van der Waals surface area contributed by atoms with Gasteiger partial charge in [0.05, 0.1) is 24.3 Å². The Labute approximate surface area is 219 Å². The van der Waals surface area contributed by atoms with E-state index in [1.807, 2.05) is 62.9 Å². The number of ether oxygens (including phenoxy) is 1. The molecule has 0 aromatic heterocycles. The van der Waals surface area contributed by atoms with Crippen LogP contribution in [0.3, 0.4) is 0 Å². The number of aliphatic hydroxyl groups excluding tert-OH is 1. The summed E-state index contributed by atoms with van der Waals surface area (Å²) in [5.41, 5.74) is 0.829. The molecule has 0 radical (unpaired) electrons. The first-order valence-electron chi connectivity index (χ1n) is 12.8. The number of aliphatic hydroxyl groups is 1. The third-order valence-corrected chi connectivity index (χ3v) is 12.4. The summed E-state index contributed by atoms with van der Waals surface area (Å²) < 4.78 is 4.64. The molecule has 3 saturated heterocycles. The Morgan fingerprint density at radius 1 is 1.14 bits per heavy atom. The zero-order chi connectivity index (χ0) is 27.0. The molecule has 37 heavy (non-hydrogen) atoms. The number of hydrogen-bond donors (Lipinski definition) is 2. The van der Waals surface area contributed by atoms with Crippen LogP contribution in [0.25, 0.3) is 0 Å². The summed E-state index contributed by atoms with van der Waals surface area (Å²) in [6, 6.07) is 8.41. The molecule has 0 aliphatic carbocycles. The normalized spacial score (nSPS) is 27.0. The van der Waals surface area contributed by atoms with Gasteiger partial charge in [-0.1, -0.05) is 30.3 Å². The molecule has 3 fully saturated rings. The summed E-state index contributed by atoms with van der Waals surface area (Å²) >= 11 is 0. The predicted molar refractivity (Wildman–Crippen MR) is 141 cm³/mol. The molecule has 3 aliphatic rings. The molecule has 3 atom stereocenters. The Hall–Kier alpha value is -2.63. The van der Waals surface area contributed by atoms with Gasteiger partial charge in [0.2, 0.25) is 11.8 Å². The number of nitrogens with zero attached hydrogens (tertiary/aromatic N) is 3. The van der Waals surface area contributed by atoms with Gasteiger partial charge in [-0.25, -0.2) is 4.79 Å². The van der Waals surface area contributed by atoms with Gasteiger partial charge in [-0.2, -0.15) is 0 Å². The van der Waals surface area contributed by atoms with Crippen LogP contribution in [0, 0.1) is 0 Å². The van der Waals surface area contributed by atoms with Crippen molar-refractivity contribution in [2.75, 3.05) is 38.7 Å². The van der Waals surface area contributed by atoms with Gasteiger partial charge in [-0.3, -0.25) is 19.3 Å². The number of carbonyl (C=O) groups is 4. The minimum Gasteiger partial charge on any atom is -0.459 e. The monoisotopic (exact) mass is 534 g/mol. The van der Waals surface area contributed by atoms with Crippen molar-refractivity contribution in [3.8, 4) is 0 Å². The Morgan fingerprint density at radius 3 is 2.35 bits per heavy atom. The molecule has 3 amide bonds. The number of carbonyl (C=O) groups excluding carboxylic acids is 4. The number of piperazine rings is 1. The van der Waals surface area contributed by atoms with Crippen molar-refractivity contribution in [1.82, 2.24) is 20.0 Å². The molecule has 2 N–H and O–H groups in total. The molecule has 3 aliphatic heterocycles. The molecule has 0 unspecified atom stereocenters. The van der Waals surface area contributed by atoms with Crippen molar-refractivity contribution in [3.05, 3.63) is 35.9 Å². The third kappa shape index (κ3) is 4.84.